The van der Waals surface area contributed by atoms with Crippen molar-refractivity contribution in [3.05, 3.63) is 28.8 Å². The third-order valence-corrected chi connectivity index (χ3v) is 4.18. The van der Waals surface area contributed by atoms with Crippen molar-refractivity contribution in [1.29, 1.82) is 5.26 Å². The molecule has 1 aromatic carbocycles. The molecule has 0 bridgehead atoms. The number of halogens is 1. The Balaban J connectivity index is 2.22. The molecule has 0 radical (unpaired) electrons. The number of hydrogen-bond acceptors (Lipinski definition) is 2. The topological polar surface area (TPSA) is 27.0 Å². The zero-order chi connectivity index (χ0) is 13.0. The van der Waals surface area contributed by atoms with Gasteiger partial charge in [-0.3, -0.25) is 0 Å². The van der Waals surface area contributed by atoms with Gasteiger partial charge in [0.15, 0.2) is 0 Å². The summed E-state index contributed by atoms with van der Waals surface area (Å²) in [6.45, 7) is 4.33. The second kappa shape index (κ2) is 6.11. The first-order chi connectivity index (χ1) is 8.76. The Hall–Kier alpha value is -1.20. The molecule has 1 aromatic rings. The molecular formula is C15H19ClN2. The van der Waals surface area contributed by atoms with Gasteiger partial charge in [-0.1, -0.05) is 31.0 Å². The predicted octanol–water partition coefficient (Wildman–Crippen LogP) is 4.23. The van der Waals surface area contributed by atoms with E-state index in [1.807, 2.05) is 12.1 Å². The fourth-order valence-corrected chi connectivity index (χ4v) is 2.91. The maximum absolute atomic E-state index is 9.24. The molecule has 0 spiro atoms. The van der Waals surface area contributed by atoms with E-state index in [-0.39, 0.29) is 0 Å². The van der Waals surface area contributed by atoms with Gasteiger partial charge in [0.05, 0.1) is 16.3 Å². The molecule has 1 aliphatic heterocycles. The van der Waals surface area contributed by atoms with Crippen LogP contribution in [-0.2, 0) is 0 Å². The van der Waals surface area contributed by atoms with Crippen molar-refractivity contribution in [3.8, 4) is 6.07 Å². The molecule has 1 unspecified atom stereocenters. The molecule has 0 amide bonds. The summed E-state index contributed by atoms with van der Waals surface area (Å²) in [4.78, 5) is 2.32. The molecule has 3 heteroatoms. The Bertz CT molecular complexity index is 450. The number of hydrogen-bond donors (Lipinski definition) is 0. The summed E-state index contributed by atoms with van der Waals surface area (Å²) in [5.74, 6) is 0.833. The molecule has 2 rings (SSSR count). The van der Waals surface area contributed by atoms with E-state index in [0.29, 0.717) is 10.6 Å². The Morgan fingerprint density at radius 1 is 1.39 bits per heavy atom. The van der Waals surface area contributed by atoms with Gasteiger partial charge in [-0.2, -0.15) is 5.26 Å². The third kappa shape index (κ3) is 2.79. The van der Waals surface area contributed by atoms with Crippen LogP contribution in [0.1, 0.15) is 38.2 Å². The van der Waals surface area contributed by atoms with E-state index < -0.39 is 0 Å². The van der Waals surface area contributed by atoms with E-state index in [1.54, 1.807) is 6.07 Å². The van der Waals surface area contributed by atoms with Crippen LogP contribution < -0.4 is 4.90 Å². The van der Waals surface area contributed by atoms with Crippen LogP contribution in [0.4, 0.5) is 5.69 Å². The highest BCUT2D eigenvalue weighted by atomic mass is 35.5. The second-order valence-electron chi connectivity index (χ2n) is 4.94. The molecule has 1 fully saturated rings. The van der Waals surface area contributed by atoms with Crippen molar-refractivity contribution < 1.29 is 0 Å². The minimum absolute atomic E-state index is 0.561. The molecule has 1 saturated heterocycles. The molecule has 0 N–H and O–H groups in total. The zero-order valence-electron chi connectivity index (χ0n) is 10.8. The summed E-state index contributed by atoms with van der Waals surface area (Å²) in [5, 5.41) is 9.80. The van der Waals surface area contributed by atoms with Gasteiger partial charge >= 0.3 is 0 Å². The maximum Gasteiger partial charge on any atom is 0.103 e. The van der Waals surface area contributed by atoms with Crippen molar-refractivity contribution in [2.75, 3.05) is 18.0 Å². The lowest BCUT2D eigenvalue weighted by molar-refractivity contribution is 0.459. The summed E-state index contributed by atoms with van der Waals surface area (Å²) in [6, 6.07) is 7.96. The summed E-state index contributed by atoms with van der Waals surface area (Å²) in [7, 11) is 0. The summed E-state index contributed by atoms with van der Waals surface area (Å²) in [6.07, 6.45) is 4.98. The second-order valence-corrected chi connectivity index (χ2v) is 5.35. The quantitative estimate of drug-likeness (QED) is 0.798. The van der Waals surface area contributed by atoms with Gasteiger partial charge < -0.3 is 4.90 Å². The van der Waals surface area contributed by atoms with Crippen LogP contribution in [0.25, 0.3) is 0 Å². The van der Waals surface area contributed by atoms with Crippen LogP contribution in [0.15, 0.2) is 18.2 Å². The molecule has 1 heterocycles. The lowest BCUT2D eigenvalue weighted by Crippen LogP contribution is -2.25. The van der Waals surface area contributed by atoms with Gasteiger partial charge in [-0.05, 0) is 37.3 Å². The summed E-state index contributed by atoms with van der Waals surface area (Å²) < 4.78 is 0. The fourth-order valence-electron chi connectivity index (χ4n) is 2.70. The van der Waals surface area contributed by atoms with E-state index in [2.05, 4.69) is 17.9 Å². The largest absolute Gasteiger partial charge is 0.370 e. The van der Waals surface area contributed by atoms with Crippen LogP contribution in [0.2, 0.25) is 5.02 Å². The normalized spacial score (nSPS) is 20.3. The Morgan fingerprint density at radius 2 is 2.22 bits per heavy atom. The first-order valence-electron chi connectivity index (χ1n) is 6.69. The minimum Gasteiger partial charge on any atom is -0.370 e. The molecule has 96 valence electrons. The molecule has 18 heavy (non-hydrogen) atoms. The number of anilines is 1. The van der Waals surface area contributed by atoms with Gasteiger partial charge in [0.25, 0.3) is 0 Å². The number of rotatable bonds is 2. The van der Waals surface area contributed by atoms with Crippen LogP contribution in [0, 0.1) is 17.2 Å². The average molecular weight is 263 g/mol. The highest BCUT2D eigenvalue weighted by molar-refractivity contribution is 6.32. The Morgan fingerprint density at radius 3 is 2.94 bits per heavy atom. The van der Waals surface area contributed by atoms with E-state index in [9.17, 15) is 5.26 Å². The molecule has 1 atom stereocenters. The van der Waals surface area contributed by atoms with Crippen LogP contribution >= 0.6 is 11.6 Å². The number of benzene rings is 1. The van der Waals surface area contributed by atoms with Gasteiger partial charge in [0, 0.05) is 13.1 Å². The first kappa shape index (κ1) is 13.2. The average Bonchev–Trinajstić information content (AvgIpc) is 2.63. The van der Waals surface area contributed by atoms with Crippen molar-refractivity contribution in [1.82, 2.24) is 0 Å². The van der Waals surface area contributed by atoms with Crippen molar-refractivity contribution in [2.24, 2.45) is 5.92 Å². The monoisotopic (exact) mass is 262 g/mol. The van der Waals surface area contributed by atoms with Gasteiger partial charge in [0.1, 0.15) is 6.07 Å². The van der Waals surface area contributed by atoms with Gasteiger partial charge in [0.2, 0.25) is 0 Å². The molecule has 0 saturated carbocycles. The Labute approximate surface area is 114 Å². The highest BCUT2D eigenvalue weighted by Gasteiger charge is 2.18. The smallest absolute Gasteiger partial charge is 0.103 e. The maximum atomic E-state index is 9.24. The number of nitriles is 1. The minimum atomic E-state index is 0.561. The third-order valence-electron chi connectivity index (χ3n) is 3.87. The van der Waals surface area contributed by atoms with Crippen LogP contribution in [-0.4, -0.2) is 13.1 Å². The molecule has 0 aromatic heterocycles. The standard InChI is InChI=1S/C15H19ClN2/c1-2-12-5-4-9-18(10-8-12)15-7-3-6-14(16)13(15)11-17/h3,6-7,12H,2,4-5,8-10H2,1H3. The predicted molar refractivity (Wildman–Crippen MR) is 76.0 cm³/mol. The Kier molecular flexibility index (Phi) is 4.49. The van der Waals surface area contributed by atoms with Crippen molar-refractivity contribution in [2.45, 2.75) is 32.6 Å². The molecule has 1 aliphatic rings. The zero-order valence-corrected chi connectivity index (χ0v) is 11.6. The van der Waals surface area contributed by atoms with Crippen LogP contribution in [0.5, 0.6) is 0 Å². The van der Waals surface area contributed by atoms with Gasteiger partial charge in [-0.25, -0.2) is 0 Å². The van der Waals surface area contributed by atoms with E-state index in [4.69, 9.17) is 11.6 Å². The summed E-state index contributed by atoms with van der Waals surface area (Å²) in [5.41, 5.74) is 1.62. The SMILES string of the molecule is CCC1CCCN(c2cccc(Cl)c2C#N)CC1. The van der Waals surface area contributed by atoms with Crippen molar-refractivity contribution >= 4 is 17.3 Å². The molecular weight excluding hydrogens is 244 g/mol. The fraction of sp³-hybridized carbons (Fsp3) is 0.533. The van der Waals surface area contributed by atoms with E-state index >= 15 is 0 Å². The first-order valence-corrected chi connectivity index (χ1v) is 7.07. The molecule has 2 nitrogen and oxygen atoms in total. The summed E-state index contributed by atoms with van der Waals surface area (Å²) >= 11 is 6.10. The number of nitrogens with zero attached hydrogens (tertiary/aromatic N) is 2. The van der Waals surface area contributed by atoms with Crippen molar-refractivity contribution in [3.63, 3.8) is 0 Å². The lowest BCUT2D eigenvalue weighted by Gasteiger charge is -2.24. The van der Waals surface area contributed by atoms with E-state index in [0.717, 1.165) is 24.7 Å². The van der Waals surface area contributed by atoms with E-state index in [1.165, 1.54) is 25.7 Å². The molecule has 0 aliphatic carbocycles. The van der Waals surface area contributed by atoms with Crippen LogP contribution in [0.3, 0.4) is 0 Å². The lowest BCUT2D eigenvalue weighted by atomic mass is 9.98. The highest BCUT2D eigenvalue weighted by Crippen LogP contribution is 2.30. The van der Waals surface area contributed by atoms with Gasteiger partial charge in [-0.15, -0.1) is 0 Å².